The fourth-order valence-corrected chi connectivity index (χ4v) is 11.9. The summed E-state index contributed by atoms with van der Waals surface area (Å²) in [7, 11) is 0. The van der Waals surface area contributed by atoms with E-state index in [9.17, 15) is 19.8 Å². The summed E-state index contributed by atoms with van der Waals surface area (Å²) in [6, 6.07) is 3.98. The van der Waals surface area contributed by atoms with Gasteiger partial charge in [-0.15, -0.1) is 11.3 Å². The van der Waals surface area contributed by atoms with Gasteiger partial charge in [0.2, 0.25) is 0 Å². The predicted molar refractivity (Wildman–Crippen MR) is 170 cm³/mol. The first-order valence-electron chi connectivity index (χ1n) is 16.9. The van der Waals surface area contributed by atoms with Gasteiger partial charge in [0.15, 0.2) is 5.78 Å². The first kappa shape index (κ1) is 30.6. The quantitative estimate of drug-likeness (QED) is 0.267. The molecular weight excluding hydrogens is 574 g/mol. The summed E-state index contributed by atoms with van der Waals surface area (Å²) in [5.41, 5.74) is -1.69. The Hall–Kier alpha value is -2.00. The van der Waals surface area contributed by atoms with Gasteiger partial charge in [0, 0.05) is 33.3 Å². The number of hydrogen-bond acceptors (Lipinski definition) is 7. The summed E-state index contributed by atoms with van der Waals surface area (Å²) >= 11 is 1.55. The van der Waals surface area contributed by atoms with Crippen LogP contribution in [0.25, 0.3) is 0 Å². The molecule has 3 saturated carbocycles. The topological polar surface area (TPSA) is 96.3 Å². The van der Waals surface area contributed by atoms with E-state index in [0.29, 0.717) is 26.0 Å². The highest BCUT2D eigenvalue weighted by Gasteiger charge is 2.74. The van der Waals surface area contributed by atoms with Crippen molar-refractivity contribution in [2.75, 3.05) is 26.3 Å². The third-order valence-electron chi connectivity index (χ3n) is 13.3. The molecule has 44 heavy (non-hydrogen) atoms. The third kappa shape index (κ3) is 4.16. The van der Waals surface area contributed by atoms with Crippen molar-refractivity contribution in [2.24, 2.45) is 33.5 Å². The Balaban J connectivity index is 1.30. The fraction of sp³-hybridized carbons (Fsp3) is 0.722. The number of ether oxygens (including phenoxy) is 2. The number of nitrogens with zero attached hydrogens (tertiary/aromatic N) is 1. The highest BCUT2D eigenvalue weighted by Crippen LogP contribution is 2.78. The van der Waals surface area contributed by atoms with E-state index in [1.54, 1.807) is 16.2 Å². The zero-order valence-electron chi connectivity index (χ0n) is 26.8. The molecule has 9 unspecified atom stereocenters. The van der Waals surface area contributed by atoms with Gasteiger partial charge in [-0.3, -0.25) is 4.79 Å². The average molecular weight is 624 g/mol. The highest BCUT2D eigenvalue weighted by molar-refractivity contribution is 7.14. The van der Waals surface area contributed by atoms with E-state index in [1.807, 2.05) is 26.0 Å². The van der Waals surface area contributed by atoms with Crippen molar-refractivity contribution in [3.63, 3.8) is 0 Å². The summed E-state index contributed by atoms with van der Waals surface area (Å²) in [6.07, 6.45) is 13.5. The molecule has 0 aromatic carbocycles. The molecule has 4 fully saturated rings. The van der Waals surface area contributed by atoms with Crippen molar-refractivity contribution in [1.29, 1.82) is 0 Å². The molecule has 240 valence electrons. The van der Waals surface area contributed by atoms with Crippen LogP contribution in [0.1, 0.15) is 93.1 Å². The molecule has 1 saturated heterocycles. The molecule has 9 atom stereocenters. The molecule has 6 aliphatic carbocycles. The molecule has 8 rings (SSSR count). The third-order valence-corrected chi connectivity index (χ3v) is 14.3. The van der Waals surface area contributed by atoms with E-state index in [0.717, 1.165) is 60.3 Å². The second-order valence-corrected chi connectivity index (χ2v) is 16.6. The van der Waals surface area contributed by atoms with Crippen LogP contribution in [-0.4, -0.2) is 71.1 Å². The number of carbonyl (C=O) groups excluding carboxylic acids is 2. The van der Waals surface area contributed by atoms with Crippen LogP contribution in [0.15, 0.2) is 35.9 Å². The van der Waals surface area contributed by atoms with Crippen molar-refractivity contribution in [3.8, 4) is 0 Å². The van der Waals surface area contributed by atoms with Crippen LogP contribution >= 0.6 is 11.3 Å². The summed E-state index contributed by atoms with van der Waals surface area (Å²) in [4.78, 5) is 31.4. The average Bonchev–Trinajstić information content (AvgIpc) is 3.72. The van der Waals surface area contributed by atoms with Gasteiger partial charge < -0.3 is 24.6 Å². The summed E-state index contributed by atoms with van der Waals surface area (Å²) in [6.45, 7) is 10.1. The van der Waals surface area contributed by atoms with Crippen LogP contribution in [0, 0.1) is 40.4 Å². The van der Waals surface area contributed by atoms with E-state index in [-0.39, 0.29) is 53.8 Å². The Morgan fingerprint density at radius 1 is 1.07 bits per heavy atom. The Morgan fingerprint density at radius 3 is 2.52 bits per heavy atom. The molecule has 7 nitrogen and oxygen atoms in total. The first-order chi connectivity index (χ1) is 20.9. The zero-order chi connectivity index (χ0) is 31.1. The minimum Gasteiger partial charge on any atom is -0.450 e. The van der Waals surface area contributed by atoms with Gasteiger partial charge in [-0.2, -0.15) is 0 Å². The largest absolute Gasteiger partial charge is 0.450 e. The van der Waals surface area contributed by atoms with Crippen molar-refractivity contribution < 1.29 is 29.3 Å². The van der Waals surface area contributed by atoms with Crippen LogP contribution in [0.5, 0.6) is 0 Å². The number of aryl methyl sites for hydroxylation is 1. The molecule has 2 spiro atoms. The lowest BCUT2D eigenvalue weighted by Crippen LogP contribution is -2.67. The van der Waals surface area contributed by atoms with Gasteiger partial charge in [-0.1, -0.05) is 32.1 Å². The molecule has 1 aliphatic heterocycles. The molecule has 1 amide bonds. The monoisotopic (exact) mass is 623 g/mol. The lowest BCUT2D eigenvalue weighted by molar-refractivity contribution is -0.175. The Labute approximate surface area is 265 Å². The van der Waals surface area contributed by atoms with Crippen molar-refractivity contribution in [3.05, 3.63) is 45.7 Å². The number of aliphatic hydroxyl groups excluding tert-OH is 1. The maximum absolute atomic E-state index is 14.6. The number of rotatable bonds is 7. The van der Waals surface area contributed by atoms with Crippen LogP contribution in [0.2, 0.25) is 0 Å². The Kier molecular flexibility index (Phi) is 7.32. The highest BCUT2D eigenvalue weighted by atomic mass is 32.1. The van der Waals surface area contributed by atoms with Crippen LogP contribution < -0.4 is 0 Å². The van der Waals surface area contributed by atoms with Crippen molar-refractivity contribution in [1.82, 2.24) is 4.90 Å². The standard InChI is InChI=1S/C36H49NO6S/c1-5-42-31(40)37(21-25-7-6-18-43-25)22-35(41)15-12-29-33(35,4)14-11-28-32(3)13-10-24(38)19-34(32)16-17-36(28,29)26(20-34)30(39)27-9-8-23(2)44-27/h8-9,16-17,20,24-25,28-29,38,41H,5-7,10-15,18-19,21-22H2,1-4H3. The van der Waals surface area contributed by atoms with Crippen LogP contribution in [-0.2, 0) is 9.47 Å². The van der Waals surface area contributed by atoms with E-state index in [1.165, 1.54) is 0 Å². The Bertz CT molecular complexity index is 1400. The second-order valence-electron chi connectivity index (χ2n) is 15.3. The van der Waals surface area contributed by atoms with Crippen molar-refractivity contribution >= 4 is 23.2 Å². The zero-order valence-corrected chi connectivity index (χ0v) is 27.6. The van der Waals surface area contributed by atoms with Gasteiger partial charge in [-0.25, -0.2) is 4.79 Å². The minimum atomic E-state index is -1.13. The molecular formula is C36H49NO6S. The first-order valence-corrected chi connectivity index (χ1v) is 17.7. The van der Waals surface area contributed by atoms with Gasteiger partial charge in [0.1, 0.15) is 0 Å². The SMILES string of the molecule is CCOC(=O)N(CC1CCCO1)CC1(O)CCC2C34C=CC5(C=C3C(=O)c3ccc(C)s3)CC(O)CCC5(C)C4CCC21C. The molecule has 1 aromatic rings. The normalized spacial score (nSPS) is 43.6. The maximum Gasteiger partial charge on any atom is 0.409 e. The lowest BCUT2D eigenvalue weighted by Gasteiger charge is -2.71. The smallest absolute Gasteiger partial charge is 0.409 e. The Morgan fingerprint density at radius 2 is 1.82 bits per heavy atom. The second kappa shape index (κ2) is 10.5. The van der Waals surface area contributed by atoms with E-state index in [4.69, 9.17) is 9.47 Å². The lowest BCUT2D eigenvalue weighted by atomic mass is 9.32. The van der Waals surface area contributed by atoms with Gasteiger partial charge in [0.25, 0.3) is 0 Å². The summed E-state index contributed by atoms with van der Waals surface area (Å²) in [5, 5.41) is 23.7. The van der Waals surface area contributed by atoms with Crippen molar-refractivity contribution in [2.45, 2.75) is 103 Å². The van der Waals surface area contributed by atoms with E-state index in [2.05, 4.69) is 32.1 Å². The minimum absolute atomic E-state index is 0.0417. The number of carbonyl (C=O) groups is 2. The van der Waals surface area contributed by atoms with Crippen LogP contribution in [0.4, 0.5) is 4.79 Å². The summed E-state index contributed by atoms with van der Waals surface area (Å²) < 4.78 is 11.4. The van der Waals surface area contributed by atoms with E-state index < -0.39 is 22.5 Å². The number of hydrogen-bond donors (Lipinski definition) is 2. The molecule has 1 aromatic heterocycles. The molecule has 2 heterocycles. The number of aliphatic hydroxyl groups is 2. The number of allylic oxidation sites excluding steroid dienone is 4. The van der Waals surface area contributed by atoms with Gasteiger partial charge in [0.05, 0.1) is 42.4 Å². The fourth-order valence-electron chi connectivity index (χ4n) is 11.1. The van der Waals surface area contributed by atoms with Gasteiger partial charge in [-0.05, 0) is 101 Å². The summed E-state index contributed by atoms with van der Waals surface area (Å²) in [5.74, 6) is 0.385. The number of Topliss-reactive ketones (excluding diaryl/α,β-unsaturated/α-hetero) is 1. The maximum atomic E-state index is 14.6. The number of fused-ring (bicyclic) bond motifs is 1. The molecule has 2 bridgehead atoms. The molecule has 0 radical (unpaired) electrons. The number of thiophene rings is 1. The van der Waals surface area contributed by atoms with Crippen LogP contribution in [0.3, 0.4) is 0 Å². The number of amides is 1. The predicted octanol–water partition coefficient (Wildman–Crippen LogP) is 6.47. The molecule has 2 N–H and O–H groups in total. The number of ketones is 1. The van der Waals surface area contributed by atoms with E-state index >= 15 is 0 Å². The molecule has 7 aliphatic rings. The van der Waals surface area contributed by atoms with Gasteiger partial charge >= 0.3 is 6.09 Å². The molecule has 8 heteroatoms.